The number of furan rings is 1. The summed E-state index contributed by atoms with van der Waals surface area (Å²) in [4.78, 5) is 13.8. The van der Waals surface area contributed by atoms with Crippen molar-refractivity contribution in [2.75, 3.05) is 0 Å². The van der Waals surface area contributed by atoms with Crippen LogP contribution in [-0.2, 0) is 0 Å². The van der Waals surface area contributed by atoms with Gasteiger partial charge in [0, 0.05) is 44.3 Å². The van der Waals surface area contributed by atoms with Gasteiger partial charge in [-0.25, -0.2) is 9.97 Å². The monoisotopic (exact) mass is 501 g/mol. The lowest BCUT2D eigenvalue weighted by Crippen LogP contribution is -1.93. The lowest BCUT2D eigenvalue weighted by atomic mass is 10.0. The molecule has 0 fully saturated rings. The minimum atomic E-state index is 0.497. The third-order valence-corrected chi connectivity index (χ3v) is 7.65. The van der Waals surface area contributed by atoms with Gasteiger partial charge in [-0.15, -0.1) is 0 Å². The number of hydrogen-bond acceptors (Lipinski definition) is 4. The molecule has 1 N–H and O–H groups in total. The molecule has 0 saturated heterocycles. The Morgan fingerprint density at radius 2 is 1.21 bits per heavy atom. The molecule has 0 saturated carbocycles. The number of H-pyrrole nitrogens is 1. The van der Waals surface area contributed by atoms with Gasteiger partial charge >= 0.3 is 0 Å². The predicted molar refractivity (Wildman–Crippen MR) is 155 cm³/mol. The van der Waals surface area contributed by atoms with Crippen LogP contribution >= 0.6 is 0 Å². The molecule has 39 heavy (non-hydrogen) atoms. The van der Waals surface area contributed by atoms with Crippen molar-refractivity contribution in [3.8, 4) is 45.4 Å². The third kappa shape index (κ3) is 2.95. The molecule has 8 bridgehead atoms. The molecule has 0 radical (unpaired) electrons. The molecule has 0 amide bonds. The Morgan fingerprint density at radius 1 is 0.538 bits per heavy atom. The molecule has 0 atom stereocenters. The van der Waals surface area contributed by atoms with E-state index in [4.69, 9.17) is 19.1 Å². The highest BCUT2D eigenvalue weighted by Crippen LogP contribution is 2.42. The summed E-state index contributed by atoms with van der Waals surface area (Å²) in [7, 11) is 0. The highest BCUT2D eigenvalue weighted by Gasteiger charge is 2.19. The first-order chi connectivity index (χ1) is 19.3. The van der Waals surface area contributed by atoms with E-state index in [1.807, 2.05) is 48.5 Å². The maximum absolute atomic E-state index is 6.49. The zero-order valence-electron chi connectivity index (χ0n) is 20.6. The number of aromatic amines is 1. The van der Waals surface area contributed by atoms with E-state index in [1.54, 1.807) is 0 Å². The first kappa shape index (κ1) is 20.6. The summed E-state index contributed by atoms with van der Waals surface area (Å²) in [6.07, 6.45) is 0. The van der Waals surface area contributed by atoms with Crippen molar-refractivity contribution in [1.82, 2.24) is 15.0 Å². The number of nitrogens with one attached hydrogen (secondary N) is 1. The Kier molecular flexibility index (Phi) is 3.99. The van der Waals surface area contributed by atoms with Crippen LogP contribution in [0.25, 0.3) is 77.5 Å². The zero-order valence-corrected chi connectivity index (χ0v) is 20.6. The lowest BCUT2D eigenvalue weighted by molar-refractivity contribution is 0.459. The second-order valence-electron chi connectivity index (χ2n) is 9.90. The van der Waals surface area contributed by atoms with Crippen LogP contribution in [0.2, 0.25) is 0 Å². The summed E-state index contributed by atoms with van der Waals surface area (Å²) in [5.74, 6) is 1.10. The Labute approximate surface area is 222 Å². The standard InChI is InChI=1S/C34H19N3O2/c1-2-15-29-20(7-1)25-17-19-18-30(34(25)39-29)38-31-16-6-14-28(36-31)24-11-4-9-22-21-8-3-10-23(32(21)37-33(22)24)27-13-5-12-26(19)35-27/h1-18,37H. The Hall–Kier alpha value is -5.42. The number of hydrogen-bond donors (Lipinski definition) is 1. The van der Waals surface area contributed by atoms with E-state index < -0.39 is 0 Å². The fourth-order valence-electron chi connectivity index (χ4n) is 5.87. The number of fused-ring (bicyclic) bond motifs is 14. The first-order valence-electron chi connectivity index (χ1n) is 12.9. The van der Waals surface area contributed by atoms with Crippen molar-refractivity contribution in [3.63, 3.8) is 0 Å². The van der Waals surface area contributed by atoms with Gasteiger partial charge in [0.1, 0.15) is 5.58 Å². The second-order valence-corrected chi connectivity index (χ2v) is 9.90. The molecule has 0 spiro atoms. The Bertz CT molecular complexity index is 2280. The third-order valence-electron chi connectivity index (χ3n) is 7.65. The zero-order chi connectivity index (χ0) is 25.5. The van der Waals surface area contributed by atoms with Crippen molar-refractivity contribution in [3.05, 3.63) is 109 Å². The van der Waals surface area contributed by atoms with Crippen LogP contribution in [0, 0.1) is 0 Å². The molecule has 5 heteroatoms. The van der Waals surface area contributed by atoms with Crippen LogP contribution < -0.4 is 4.74 Å². The van der Waals surface area contributed by atoms with Gasteiger partial charge < -0.3 is 14.1 Å². The number of para-hydroxylation sites is 3. The molecule has 1 aliphatic heterocycles. The molecule has 0 unspecified atom stereocenters. The van der Waals surface area contributed by atoms with E-state index >= 15 is 0 Å². The second kappa shape index (κ2) is 7.55. The number of rotatable bonds is 0. The lowest BCUT2D eigenvalue weighted by Gasteiger charge is -2.11. The molecule has 1 aliphatic rings. The van der Waals surface area contributed by atoms with Crippen molar-refractivity contribution in [2.24, 2.45) is 0 Å². The number of pyridine rings is 2. The van der Waals surface area contributed by atoms with E-state index in [0.29, 0.717) is 17.2 Å². The number of nitrogens with zero attached hydrogens (tertiary/aromatic N) is 2. The molecular weight excluding hydrogens is 482 g/mol. The van der Waals surface area contributed by atoms with Crippen molar-refractivity contribution < 1.29 is 9.15 Å². The fraction of sp³-hybridized carbons (Fsp3) is 0. The molecule has 5 nitrogen and oxygen atoms in total. The summed E-state index contributed by atoms with van der Waals surface area (Å²) in [5.41, 5.74) is 9.20. The van der Waals surface area contributed by atoms with Crippen LogP contribution in [-0.4, -0.2) is 15.0 Å². The highest BCUT2D eigenvalue weighted by atomic mass is 16.5. The smallest absolute Gasteiger partial charge is 0.219 e. The van der Waals surface area contributed by atoms with Crippen LogP contribution in [0.4, 0.5) is 0 Å². The van der Waals surface area contributed by atoms with Crippen LogP contribution in [0.15, 0.2) is 114 Å². The van der Waals surface area contributed by atoms with E-state index in [1.165, 1.54) is 0 Å². The Morgan fingerprint density at radius 3 is 2.03 bits per heavy atom. The van der Waals surface area contributed by atoms with Crippen molar-refractivity contribution >= 4 is 43.7 Å². The van der Waals surface area contributed by atoms with Crippen molar-refractivity contribution in [1.29, 1.82) is 0 Å². The average molecular weight is 502 g/mol. The van der Waals surface area contributed by atoms with Gasteiger partial charge in [0.25, 0.3) is 0 Å². The normalized spacial score (nSPS) is 12.3. The fourth-order valence-corrected chi connectivity index (χ4v) is 5.87. The number of ether oxygens (including phenoxy) is 1. The molecule has 9 rings (SSSR count). The summed E-state index contributed by atoms with van der Waals surface area (Å²) < 4.78 is 12.8. The Balaban J connectivity index is 1.43. The van der Waals surface area contributed by atoms with Gasteiger partial charge in [0.2, 0.25) is 5.88 Å². The van der Waals surface area contributed by atoms with Gasteiger partial charge in [-0.1, -0.05) is 66.7 Å². The topological polar surface area (TPSA) is 63.9 Å². The summed E-state index contributed by atoms with van der Waals surface area (Å²) in [5, 5.41) is 4.32. The molecule has 0 aliphatic carbocycles. The number of benzene rings is 4. The predicted octanol–water partition coefficient (Wildman–Crippen LogP) is 9.12. The van der Waals surface area contributed by atoms with Crippen LogP contribution in [0.1, 0.15) is 0 Å². The van der Waals surface area contributed by atoms with Gasteiger partial charge in [-0.3, -0.25) is 0 Å². The molecule has 4 aromatic carbocycles. The average Bonchev–Trinajstić information content (AvgIpc) is 3.56. The summed E-state index contributed by atoms with van der Waals surface area (Å²) >= 11 is 0. The van der Waals surface area contributed by atoms with Gasteiger partial charge in [-0.05, 0) is 36.4 Å². The molecule has 4 aromatic heterocycles. The quantitative estimate of drug-likeness (QED) is 0.225. The minimum absolute atomic E-state index is 0.497. The summed E-state index contributed by atoms with van der Waals surface area (Å²) in [6.45, 7) is 0. The number of aromatic nitrogens is 3. The van der Waals surface area contributed by atoms with Crippen LogP contribution in [0.3, 0.4) is 0 Å². The maximum atomic E-state index is 6.49. The van der Waals surface area contributed by atoms with Crippen LogP contribution in [0.5, 0.6) is 11.6 Å². The minimum Gasteiger partial charge on any atom is -0.452 e. The molecular formula is C34H19N3O2. The molecule has 182 valence electrons. The van der Waals surface area contributed by atoms with E-state index in [9.17, 15) is 0 Å². The van der Waals surface area contributed by atoms with E-state index in [2.05, 4.69) is 65.6 Å². The van der Waals surface area contributed by atoms with E-state index in [0.717, 1.165) is 71.9 Å². The van der Waals surface area contributed by atoms with Gasteiger partial charge in [0.05, 0.1) is 28.1 Å². The molecule has 5 heterocycles. The summed E-state index contributed by atoms with van der Waals surface area (Å²) in [6, 6.07) is 36.9. The molecule has 8 aromatic rings. The van der Waals surface area contributed by atoms with Crippen molar-refractivity contribution in [2.45, 2.75) is 0 Å². The SMILES string of the molecule is c1cc2nc(c1)-c1cccc3c1[nH]c1c(cccc13)-c1cccc(n1)-c1cc(c3oc4ccccc4c3c1)O2. The largest absolute Gasteiger partial charge is 0.452 e. The highest BCUT2D eigenvalue weighted by molar-refractivity contribution is 6.15. The van der Waals surface area contributed by atoms with E-state index in [-0.39, 0.29) is 0 Å². The van der Waals surface area contributed by atoms with Gasteiger partial charge in [0.15, 0.2) is 11.3 Å². The maximum Gasteiger partial charge on any atom is 0.219 e. The first-order valence-corrected chi connectivity index (χ1v) is 12.9. The van der Waals surface area contributed by atoms with Gasteiger partial charge in [-0.2, -0.15) is 0 Å².